The van der Waals surface area contributed by atoms with Gasteiger partial charge in [0.05, 0.1) is 16.1 Å². The molecule has 0 saturated carbocycles. The van der Waals surface area contributed by atoms with E-state index in [1.165, 1.54) is 12.3 Å². The number of hydrogen-bond acceptors (Lipinski definition) is 6. The Morgan fingerprint density at radius 3 is 2.73 bits per heavy atom. The maximum absolute atomic E-state index is 11.6. The van der Waals surface area contributed by atoms with E-state index >= 15 is 0 Å². The molecule has 37 heavy (non-hydrogen) atoms. The van der Waals surface area contributed by atoms with Crippen LogP contribution < -0.4 is 9.47 Å². The SMILES string of the molecule is N#Cc1cncc(COc2nc(OC3CCc4c(-c5cccc(Br)c5Cl)cccc43)c(Cl)cc2C=O)c1. The molecule has 0 fully saturated rings. The molecule has 0 spiro atoms. The number of pyridine rings is 2. The van der Waals surface area contributed by atoms with Gasteiger partial charge in [0.1, 0.15) is 23.8 Å². The monoisotopic (exact) mass is 593 g/mol. The fourth-order valence-corrected chi connectivity index (χ4v) is 5.17. The Kier molecular flexibility index (Phi) is 7.43. The third kappa shape index (κ3) is 5.19. The fraction of sp³-hybridized carbons (Fsp3) is 0.143. The van der Waals surface area contributed by atoms with Crippen LogP contribution >= 0.6 is 39.1 Å². The van der Waals surface area contributed by atoms with Crippen LogP contribution in [0.25, 0.3) is 11.1 Å². The molecule has 1 unspecified atom stereocenters. The average molecular weight is 595 g/mol. The van der Waals surface area contributed by atoms with Crippen LogP contribution in [-0.2, 0) is 13.0 Å². The van der Waals surface area contributed by atoms with Crippen LogP contribution in [-0.4, -0.2) is 16.3 Å². The lowest BCUT2D eigenvalue weighted by Gasteiger charge is -2.17. The third-order valence-electron chi connectivity index (χ3n) is 6.07. The molecule has 1 aliphatic carbocycles. The fourth-order valence-electron chi connectivity index (χ4n) is 4.37. The number of rotatable bonds is 7. The van der Waals surface area contributed by atoms with Crippen LogP contribution in [0.2, 0.25) is 10.0 Å². The number of fused-ring (bicyclic) bond motifs is 1. The number of nitriles is 1. The maximum Gasteiger partial charge on any atom is 0.236 e. The van der Waals surface area contributed by atoms with Crippen molar-refractivity contribution >= 4 is 45.4 Å². The normalized spacial score (nSPS) is 14.1. The highest BCUT2D eigenvalue weighted by Crippen LogP contribution is 2.43. The van der Waals surface area contributed by atoms with E-state index in [9.17, 15) is 4.79 Å². The van der Waals surface area contributed by atoms with Crippen molar-refractivity contribution in [1.29, 1.82) is 5.26 Å². The van der Waals surface area contributed by atoms with E-state index in [1.54, 1.807) is 12.3 Å². The van der Waals surface area contributed by atoms with Gasteiger partial charge in [0.25, 0.3) is 0 Å². The second-order valence-electron chi connectivity index (χ2n) is 8.39. The molecule has 1 aliphatic rings. The smallest absolute Gasteiger partial charge is 0.236 e. The van der Waals surface area contributed by atoms with Crippen LogP contribution in [0.4, 0.5) is 0 Å². The first kappa shape index (κ1) is 25.2. The Labute approximate surface area is 231 Å². The minimum Gasteiger partial charge on any atom is -0.472 e. The number of aromatic nitrogens is 2. The number of ether oxygens (including phenoxy) is 2. The lowest BCUT2D eigenvalue weighted by atomic mass is 9.96. The van der Waals surface area contributed by atoms with E-state index < -0.39 is 0 Å². The molecule has 0 bridgehead atoms. The van der Waals surface area contributed by atoms with Gasteiger partial charge in [0.2, 0.25) is 11.8 Å². The zero-order valence-electron chi connectivity index (χ0n) is 19.2. The van der Waals surface area contributed by atoms with Crippen LogP contribution in [0, 0.1) is 11.3 Å². The molecule has 0 radical (unpaired) electrons. The number of halogens is 3. The predicted molar refractivity (Wildman–Crippen MR) is 144 cm³/mol. The molecule has 0 saturated heterocycles. The standard InChI is InChI=1S/C28H18BrCl2N3O3/c29-23-6-2-5-22(26(23)31)19-3-1-4-21-20(19)7-8-25(21)37-28-24(30)10-18(14-35)27(34-28)36-15-17-9-16(11-32)12-33-13-17/h1-6,9-10,12-14,25H,7-8,15H2. The van der Waals surface area contributed by atoms with Crippen LogP contribution in [0.3, 0.4) is 0 Å². The van der Waals surface area contributed by atoms with E-state index in [2.05, 4.69) is 32.0 Å². The molecular formula is C28H18BrCl2N3O3. The first-order chi connectivity index (χ1) is 18.0. The number of nitrogens with zero attached hydrogens (tertiary/aromatic N) is 3. The summed E-state index contributed by atoms with van der Waals surface area (Å²) in [6.45, 7) is 0.0699. The number of carbonyl (C=O) groups excluding carboxylic acids is 1. The number of carbonyl (C=O) groups is 1. The Bertz CT molecular complexity index is 1550. The summed E-state index contributed by atoms with van der Waals surface area (Å²) in [5, 5.41) is 9.95. The summed E-state index contributed by atoms with van der Waals surface area (Å²) in [5.74, 6) is 0.263. The largest absolute Gasteiger partial charge is 0.472 e. The molecule has 9 heteroatoms. The molecule has 184 valence electrons. The molecule has 0 amide bonds. The topological polar surface area (TPSA) is 85.1 Å². The molecule has 4 aromatic rings. The van der Waals surface area contributed by atoms with Gasteiger partial charge in [-0.2, -0.15) is 10.2 Å². The lowest BCUT2D eigenvalue weighted by Crippen LogP contribution is -2.08. The Hall–Kier alpha value is -3.44. The zero-order chi connectivity index (χ0) is 25.9. The van der Waals surface area contributed by atoms with E-state index in [0.717, 1.165) is 39.6 Å². The zero-order valence-corrected chi connectivity index (χ0v) is 22.3. The summed E-state index contributed by atoms with van der Waals surface area (Å²) in [6, 6.07) is 17.1. The van der Waals surface area contributed by atoms with Crippen molar-refractivity contribution in [3.63, 3.8) is 0 Å². The molecule has 6 nitrogen and oxygen atoms in total. The highest BCUT2D eigenvalue weighted by Gasteiger charge is 2.28. The minimum absolute atomic E-state index is 0.0699. The van der Waals surface area contributed by atoms with E-state index in [4.69, 9.17) is 37.9 Å². The van der Waals surface area contributed by atoms with Gasteiger partial charge in [0, 0.05) is 28.0 Å². The van der Waals surface area contributed by atoms with Crippen molar-refractivity contribution < 1.29 is 14.3 Å². The van der Waals surface area contributed by atoms with Crippen LogP contribution in [0.15, 0.2) is 65.4 Å². The van der Waals surface area contributed by atoms with Gasteiger partial charge >= 0.3 is 0 Å². The van der Waals surface area contributed by atoms with Gasteiger partial charge in [-0.25, -0.2) is 0 Å². The summed E-state index contributed by atoms with van der Waals surface area (Å²) < 4.78 is 12.9. The molecule has 2 aromatic carbocycles. The highest BCUT2D eigenvalue weighted by atomic mass is 79.9. The molecule has 2 aromatic heterocycles. The molecule has 1 atom stereocenters. The lowest BCUT2D eigenvalue weighted by molar-refractivity contribution is 0.111. The van der Waals surface area contributed by atoms with Crippen molar-refractivity contribution in [1.82, 2.24) is 9.97 Å². The summed E-state index contributed by atoms with van der Waals surface area (Å²) in [5.41, 5.74) is 5.47. The van der Waals surface area contributed by atoms with Gasteiger partial charge < -0.3 is 9.47 Å². The summed E-state index contributed by atoms with van der Waals surface area (Å²) in [4.78, 5) is 20.1. The molecule has 2 heterocycles. The summed E-state index contributed by atoms with van der Waals surface area (Å²) in [7, 11) is 0. The van der Waals surface area contributed by atoms with Crippen molar-refractivity contribution in [3.05, 3.63) is 103 Å². The Morgan fingerprint density at radius 2 is 1.92 bits per heavy atom. The summed E-state index contributed by atoms with van der Waals surface area (Å²) in [6.07, 6.45) is 4.92. The van der Waals surface area contributed by atoms with Gasteiger partial charge in [-0.05, 0) is 63.7 Å². The van der Waals surface area contributed by atoms with Crippen molar-refractivity contribution in [2.75, 3.05) is 0 Å². The van der Waals surface area contributed by atoms with Gasteiger partial charge in [0.15, 0.2) is 6.29 Å². The van der Waals surface area contributed by atoms with E-state index in [1.807, 2.05) is 36.4 Å². The second kappa shape index (κ2) is 10.9. The quantitative estimate of drug-likeness (QED) is 0.205. The highest BCUT2D eigenvalue weighted by molar-refractivity contribution is 9.10. The average Bonchev–Trinajstić information content (AvgIpc) is 3.33. The van der Waals surface area contributed by atoms with E-state index in [0.29, 0.717) is 22.4 Å². The minimum atomic E-state index is -0.280. The molecule has 5 rings (SSSR count). The van der Waals surface area contributed by atoms with Gasteiger partial charge in [-0.1, -0.05) is 53.5 Å². The molecule has 0 aliphatic heterocycles. The van der Waals surface area contributed by atoms with Crippen LogP contribution in [0.1, 0.15) is 45.1 Å². The van der Waals surface area contributed by atoms with E-state index in [-0.39, 0.29) is 35.1 Å². The Balaban J connectivity index is 1.42. The first-order valence-corrected chi connectivity index (χ1v) is 12.9. The second-order valence-corrected chi connectivity index (χ2v) is 10.0. The van der Waals surface area contributed by atoms with Crippen molar-refractivity contribution in [2.24, 2.45) is 0 Å². The molecule has 0 N–H and O–H groups in total. The number of hydrogen-bond donors (Lipinski definition) is 0. The molecular weight excluding hydrogens is 577 g/mol. The third-order valence-corrected chi connectivity index (χ3v) is 7.64. The maximum atomic E-state index is 11.6. The van der Waals surface area contributed by atoms with Crippen LogP contribution in [0.5, 0.6) is 11.8 Å². The number of benzene rings is 2. The van der Waals surface area contributed by atoms with Crippen molar-refractivity contribution in [3.8, 4) is 29.0 Å². The van der Waals surface area contributed by atoms with Crippen molar-refractivity contribution in [2.45, 2.75) is 25.6 Å². The van der Waals surface area contributed by atoms with Gasteiger partial charge in [-0.3, -0.25) is 9.78 Å². The Morgan fingerprint density at radius 1 is 1.11 bits per heavy atom. The number of aldehydes is 1. The van der Waals surface area contributed by atoms with Gasteiger partial charge in [-0.15, -0.1) is 0 Å². The first-order valence-electron chi connectivity index (χ1n) is 11.3. The predicted octanol–water partition coefficient (Wildman–Crippen LogP) is 7.54. The summed E-state index contributed by atoms with van der Waals surface area (Å²) >= 11 is 16.5.